The van der Waals surface area contributed by atoms with Crippen molar-refractivity contribution in [1.82, 2.24) is 15.5 Å². The van der Waals surface area contributed by atoms with E-state index in [2.05, 4.69) is 27.4 Å². The van der Waals surface area contributed by atoms with Gasteiger partial charge in [-0.3, -0.25) is 0 Å². The van der Waals surface area contributed by atoms with Gasteiger partial charge in [-0.15, -0.1) is 0 Å². The summed E-state index contributed by atoms with van der Waals surface area (Å²) in [6, 6.07) is 6.93. The summed E-state index contributed by atoms with van der Waals surface area (Å²) in [5, 5.41) is 6.89. The maximum atomic E-state index is 11.5. The summed E-state index contributed by atoms with van der Waals surface area (Å²) in [6.07, 6.45) is 7.96. The van der Waals surface area contributed by atoms with Crippen LogP contribution in [0.1, 0.15) is 39.0 Å². The number of hydrogen-bond donors (Lipinski definition) is 2. The fraction of sp³-hybridized carbons (Fsp3) is 0.682. The van der Waals surface area contributed by atoms with Gasteiger partial charge in [0.05, 0.1) is 11.4 Å². The molecule has 0 radical (unpaired) electrons. The number of sulfone groups is 1. The summed E-state index contributed by atoms with van der Waals surface area (Å²) in [4.78, 5) is 7.53. The Morgan fingerprint density at radius 2 is 1.93 bits per heavy atom. The molecule has 2 N–H and O–H groups in total. The molecule has 3 rings (SSSR count). The molecular weight excluding hydrogens is 400 g/mol. The van der Waals surface area contributed by atoms with Gasteiger partial charge in [0.1, 0.15) is 12.4 Å². The predicted molar refractivity (Wildman–Crippen MR) is 121 cm³/mol. The molecule has 168 valence electrons. The van der Waals surface area contributed by atoms with Crippen molar-refractivity contribution in [2.45, 2.75) is 50.0 Å². The van der Waals surface area contributed by atoms with Crippen LogP contribution < -0.4 is 15.4 Å². The lowest BCUT2D eigenvalue weighted by Crippen LogP contribution is -2.45. The average molecular weight is 437 g/mol. The van der Waals surface area contributed by atoms with Crippen LogP contribution in [-0.4, -0.2) is 70.9 Å². The number of nitrogens with zero attached hydrogens (tertiary/aromatic N) is 2. The van der Waals surface area contributed by atoms with Crippen molar-refractivity contribution >= 4 is 15.8 Å². The number of benzene rings is 1. The molecule has 0 amide bonds. The summed E-state index contributed by atoms with van der Waals surface area (Å²) < 4.78 is 28.7. The number of ether oxygens (including phenoxy) is 1. The fourth-order valence-electron chi connectivity index (χ4n) is 4.29. The molecule has 1 aliphatic heterocycles. The number of aliphatic imine (C=N–C) groups is 1. The Labute approximate surface area is 181 Å². The minimum atomic E-state index is -3.18. The third kappa shape index (κ3) is 7.16. The highest BCUT2D eigenvalue weighted by molar-refractivity contribution is 7.90. The molecule has 1 unspecified atom stereocenters. The molecule has 1 heterocycles. The smallest absolute Gasteiger partial charge is 0.191 e. The van der Waals surface area contributed by atoms with Crippen LogP contribution in [0.15, 0.2) is 34.2 Å². The average Bonchev–Trinajstić information content (AvgIpc) is 3.37. The Hall–Kier alpha value is -1.80. The maximum Gasteiger partial charge on any atom is 0.191 e. The van der Waals surface area contributed by atoms with Crippen molar-refractivity contribution in [2.24, 2.45) is 10.9 Å². The minimum Gasteiger partial charge on any atom is -0.492 e. The van der Waals surface area contributed by atoms with Crippen molar-refractivity contribution in [2.75, 3.05) is 45.6 Å². The lowest BCUT2D eigenvalue weighted by molar-refractivity contribution is 0.275. The standard InChI is InChI=1S/C22H36N4O3S/c1-3-23-22(25-19-12-14-26(17-19)16-18-6-4-5-7-18)24-13-15-29-20-8-10-21(11-9-20)30(2,27)28/h8-11,18-19H,3-7,12-17H2,1-2H3,(H2,23,24,25). The van der Waals surface area contributed by atoms with Crippen LogP contribution in [0.3, 0.4) is 0 Å². The zero-order valence-electron chi connectivity index (χ0n) is 18.3. The van der Waals surface area contributed by atoms with Crippen LogP contribution in [-0.2, 0) is 9.84 Å². The molecule has 1 saturated carbocycles. The van der Waals surface area contributed by atoms with Gasteiger partial charge < -0.3 is 20.3 Å². The second-order valence-corrected chi connectivity index (χ2v) is 10.4. The Bertz CT molecular complexity index is 789. The SMILES string of the molecule is CCNC(=NCCOc1ccc(S(C)(=O)=O)cc1)NC1CCN(CC2CCCC2)C1. The van der Waals surface area contributed by atoms with E-state index in [0.29, 0.717) is 29.8 Å². The molecule has 2 aliphatic rings. The Balaban J connectivity index is 1.42. The molecule has 1 aromatic rings. The van der Waals surface area contributed by atoms with Crippen molar-refractivity contribution in [3.05, 3.63) is 24.3 Å². The summed E-state index contributed by atoms with van der Waals surface area (Å²) in [5.41, 5.74) is 0. The van der Waals surface area contributed by atoms with E-state index in [1.54, 1.807) is 24.3 Å². The van der Waals surface area contributed by atoms with Crippen LogP contribution in [0, 0.1) is 5.92 Å². The first kappa shape index (κ1) is 22.9. The number of guanidine groups is 1. The van der Waals surface area contributed by atoms with Gasteiger partial charge in [-0.05, 0) is 56.4 Å². The van der Waals surface area contributed by atoms with E-state index in [-0.39, 0.29) is 0 Å². The highest BCUT2D eigenvalue weighted by atomic mass is 32.2. The highest BCUT2D eigenvalue weighted by Crippen LogP contribution is 2.26. The summed E-state index contributed by atoms with van der Waals surface area (Å²) in [6.45, 7) is 7.35. The molecule has 8 heteroatoms. The van der Waals surface area contributed by atoms with Crippen LogP contribution >= 0.6 is 0 Å². The minimum absolute atomic E-state index is 0.296. The van der Waals surface area contributed by atoms with Crippen LogP contribution in [0.4, 0.5) is 0 Å². The normalized spacial score (nSPS) is 21.1. The second-order valence-electron chi connectivity index (χ2n) is 8.39. The van der Waals surface area contributed by atoms with Crippen LogP contribution in [0.25, 0.3) is 0 Å². The third-order valence-corrected chi connectivity index (χ3v) is 6.96. The van der Waals surface area contributed by atoms with Gasteiger partial charge in [0.2, 0.25) is 0 Å². The van der Waals surface area contributed by atoms with Crippen molar-refractivity contribution in [3.8, 4) is 5.75 Å². The summed E-state index contributed by atoms with van der Waals surface area (Å²) >= 11 is 0. The molecule has 1 aromatic carbocycles. The van der Waals surface area contributed by atoms with E-state index < -0.39 is 9.84 Å². The molecule has 0 spiro atoms. The fourth-order valence-corrected chi connectivity index (χ4v) is 4.92. The first-order chi connectivity index (χ1) is 14.4. The quantitative estimate of drug-likeness (QED) is 0.351. The molecule has 30 heavy (non-hydrogen) atoms. The maximum absolute atomic E-state index is 11.5. The number of rotatable bonds is 9. The van der Waals surface area contributed by atoms with Gasteiger partial charge in [-0.25, -0.2) is 13.4 Å². The molecular formula is C22H36N4O3S. The Morgan fingerprint density at radius 1 is 1.20 bits per heavy atom. The van der Waals surface area contributed by atoms with Gasteiger partial charge in [0.15, 0.2) is 15.8 Å². The molecule has 2 fully saturated rings. The van der Waals surface area contributed by atoms with E-state index in [4.69, 9.17) is 4.74 Å². The van der Waals surface area contributed by atoms with Gasteiger partial charge in [0, 0.05) is 38.5 Å². The largest absolute Gasteiger partial charge is 0.492 e. The Kier molecular flexibility index (Phi) is 8.39. The topological polar surface area (TPSA) is 83.0 Å². The first-order valence-corrected chi connectivity index (χ1v) is 13.0. The molecule has 0 bridgehead atoms. The van der Waals surface area contributed by atoms with Crippen molar-refractivity contribution in [1.29, 1.82) is 0 Å². The zero-order valence-corrected chi connectivity index (χ0v) is 19.1. The number of nitrogens with one attached hydrogen (secondary N) is 2. The second kappa shape index (κ2) is 11.0. The molecule has 0 aromatic heterocycles. The van der Waals surface area contributed by atoms with E-state index in [0.717, 1.165) is 31.4 Å². The van der Waals surface area contributed by atoms with E-state index in [1.807, 2.05) is 0 Å². The van der Waals surface area contributed by atoms with Gasteiger partial charge >= 0.3 is 0 Å². The van der Waals surface area contributed by atoms with Gasteiger partial charge in [0.25, 0.3) is 0 Å². The summed E-state index contributed by atoms with van der Waals surface area (Å²) in [5.74, 6) is 2.38. The number of hydrogen-bond acceptors (Lipinski definition) is 5. The number of likely N-dealkylation sites (tertiary alicyclic amines) is 1. The van der Waals surface area contributed by atoms with Crippen LogP contribution in [0.5, 0.6) is 5.75 Å². The van der Waals surface area contributed by atoms with Crippen LogP contribution in [0.2, 0.25) is 0 Å². The van der Waals surface area contributed by atoms with E-state index in [9.17, 15) is 8.42 Å². The van der Waals surface area contributed by atoms with E-state index >= 15 is 0 Å². The lowest BCUT2D eigenvalue weighted by Gasteiger charge is -2.21. The Morgan fingerprint density at radius 3 is 2.60 bits per heavy atom. The first-order valence-electron chi connectivity index (χ1n) is 11.1. The van der Waals surface area contributed by atoms with Crippen molar-refractivity contribution in [3.63, 3.8) is 0 Å². The monoisotopic (exact) mass is 436 g/mol. The highest BCUT2D eigenvalue weighted by Gasteiger charge is 2.26. The third-order valence-electron chi connectivity index (χ3n) is 5.83. The van der Waals surface area contributed by atoms with Gasteiger partial charge in [-0.1, -0.05) is 12.8 Å². The molecule has 1 saturated heterocycles. The molecule has 1 atom stereocenters. The molecule has 1 aliphatic carbocycles. The van der Waals surface area contributed by atoms with Crippen molar-refractivity contribution < 1.29 is 13.2 Å². The van der Waals surface area contributed by atoms with Gasteiger partial charge in [-0.2, -0.15) is 0 Å². The zero-order chi connectivity index (χ0) is 21.4. The predicted octanol–water partition coefficient (Wildman–Crippen LogP) is 2.29. The van der Waals surface area contributed by atoms with E-state index in [1.165, 1.54) is 45.0 Å². The molecule has 7 nitrogen and oxygen atoms in total. The summed E-state index contributed by atoms with van der Waals surface area (Å²) in [7, 11) is -3.18. The lowest BCUT2D eigenvalue weighted by atomic mass is 10.1.